The third-order valence-corrected chi connectivity index (χ3v) is 3.14. The minimum atomic E-state index is -0.897. The molecule has 0 saturated heterocycles. The molecule has 2 rings (SSSR count). The summed E-state index contributed by atoms with van der Waals surface area (Å²) >= 11 is 0. The Hall–Kier alpha value is -1.85. The van der Waals surface area contributed by atoms with Crippen LogP contribution in [0.25, 0.3) is 10.9 Å². The van der Waals surface area contributed by atoms with Gasteiger partial charge in [-0.2, -0.15) is 0 Å². The molecule has 1 aromatic carbocycles. The Labute approximate surface area is 117 Å². The van der Waals surface area contributed by atoms with Crippen LogP contribution >= 0.6 is 0 Å². The average Bonchev–Trinajstić information content (AvgIpc) is 2.85. The molecule has 0 radical (unpaired) electrons. The second kappa shape index (κ2) is 7.07. The summed E-state index contributed by atoms with van der Waals surface area (Å²) in [5.41, 5.74) is 1.37. The van der Waals surface area contributed by atoms with E-state index in [0.717, 1.165) is 23.9 Å². The molecule has 0 aliphatic carbocycles. The largest absolute Gasteiger partial charge is 0.478 e. The number of carboxylic acids is 1. The third kappa shape index (κ3) is 3.59. The van der Waals surface area contributed by atoms with Crippen molar-refractivity contribution < 1.29 is 19.4 Å². The van der Waals surface area contributed by atoms with E-state index in [4.69, 9.17) is 14.6 Å². The molecule has 0 aliphatic rings. The molecule has 0 aliphatic heterocycles. The molecule has 0 atom stereocenters. The first-order chi connectivity index (χ1) is 9.72. The number of rotatable bonds is 8. The summed E-state index contributed by atoms with van der Waals surface area (Å²) < 4.78 is 12.4. The first-order valence-electron chi connectivity index (χ1n) is 6.61. The number of aryl methyl sites for hydroxylation is 1. The molecule has 0 amide bonds. The zero-order valence-corrected chi connectivity index (χ0v) is 11.5. The number of nitrogens with zero attached hydrogens (tertiary/aromatic N) is 1. The smallest absolute Gasteiger partial charge is 0.335 e. The zero-order valence-electron chi connectivity index (χ0n) is 11.5. The summed E-state index contributed by atoms with van der Waals surface area (Å²) in [7, 11) is 1.65. The lowest BCUT2D eigenvalue weighted by Gasteiger charge is -2.06. The third-order valence-electron chi connectivity index (χ3n) is 3.14. The van der Waals surface area contributed by atoms with Gasteiger partial charge in [0.25, 0.3) is 0 Å². The van der Waals surface area contributed by atoms with Crippen molar-refractivity contribution in [3.8, 4) is 0 Å². The molecular weight excluding hydrogens is 258 g/mol. The summed E-state index contributed by atoms with van der Waals surface area (Å²) in [6.45, 7) is 2.77. The van der Waals surface area contributed by atoms with Gasteiger partial charge < -0.3 is 19.1 Å². The summed E-state index contributed by atoms with van der Waals surface area (Å²) in [6.07, 6.45) is 2.89. The molecule has 108 valence electrons. The lowest BCUT2D eigenvalue weighted by molar-refractivity contribution is 0.0681. The van der Waals surface area contributed by atoms with Gasteiger partial charge in [-0.1, -0.05) is 0 Å². The number of ether oxygens (including phenoxy) is 2. The lowest BCUT2D eigenvalue weighted by atomic mass is 10.1. The number of methoxy groups -OCH3 is 1. The highest BCUT2D eigenvalue weighted by Gasteiger charge is 2.06. The fourth-order valence-corrected chi connectivity index (χ4v) is 2.11. The minimum Gasteiger partial charge on any atom is -0.478 e. The quantitative estimate of drug-likeness (QED) is 0.753. The van der Waals surface area contributed by atoms with E-state index < -0.39 is 5.97 Å². The molecule has 0 saturated carbocycles. The molecular formula is C15H19NO4. The molecule has 1 aromatic heterocycles. The van der Waals surface area contributed by atoms with E-state index in [0.29, 0.717) is 25.4 Å². The van der Waals surface area contributed by atoms with E-state index in [-0.39, 0.29) is 0 Å². The first kappa shape index (κ1) is 14.6. The van der Waals surface area contributed by atoms with Crippen LogP contribution in [0.3, 0.4) is 0 Å². The van der Waals surface area contributed by atoms with Gasteiger partial charge in [0.15, 0.2) is 0 Å². The van der Waals surface area contributed by atoms with Crippen LogP contribution in [-0.2, 0) is 16.0 Å². The number of benzene rings is 1. The van der Waals surface area contributed by atoms with Crippen molar-refractivity contribution in [1.82, 2.24) is 4.57 Å². The van der Waals surface area contributed by atoms with Crippen LogP contribution in [0.4, 0.5) is 0 Å². The molecule has 1 heterocycles. The van der Waals surface area contributed by atoms with Crippen molar-refractivity contribution in [1.29, 1.82) is 0 Å². The van der Waals surface area contributed by atoms with Gasteiger partial charge in [0.1, 0.15) is 0 Å². The molecule has 0 fully saturated rings. The number of carboxylic acid groups (broad SMARTS) is 1. The molecule has 5 nitrogen and oxygen atoms in total. The van der Waals surface area contributed by atoms with E-state index in [1.54, 1.807) is 19.2 Å². The van der Waals surface area contributed by atoms with E-state index in [1.807, 2.05) is 18.3 Å². The summed E-state index contributed by atoms with van der Waals surface area (Å²) in [5, 5.41) is 9.91. The van der Waals surface area contributed by atoms with Crippen molar-refractivity contribution >= 4 is 16.9 Å². The van der Waals surface area contributed by atoms with Gasteiger partial charge in [-0.3, -0.25) is 0 Å². The van der Waals surface area contributed by atoms with Crippen LogP contribution in [0.2, 0.25) is 0 Å². The van der Waals surface area contributed by atoms with Crippen LogP contribution in [0.1, 0.15) is 16.8 Å². The molecule has 0 bridgehead atoms. The number of hydrogen-bond acceptors (Lipinski definition) is 3. The van der Waals surface area contributed by atoms with Crippen molar-refractivity contribution in [2.45, 2.75) is 13.0 Å². The van der Waals surface area contributed by atoms with E-state index >= 15 is 0 Å². The van der Waals surface area contributed by atoms with E-state index in [9.17, 15) is 4.79 Å². The van der Waals surface area contributed by atoms with Gasteiger partial charge >= 0.3 is 5.97 Å². The van der Waals surface area contributed by atoms with Crippen molar-refractivity contribution in [2.24, 2.45) is 0 Å². The SMILES string of the molecule is COCCOCCCn1ccc2cc(C(=O)O)ccc21. The molecule has 0 unspecified atom stereocenters. The lowest BCUT2D eigenvalue weighted by Crippen LogP contribution is -2.06. The normalized spacial score (nSPS) is 11.1. The maximum absolute atomic E-state index is 10.9. The van der Waals surface area contributed by atoms with Gasteiger partial charge in [0.05, 0.1) is 18.8 Å². The molecule has 2 aromatic rings. The first-order valence-corrected chi connectivity index (χ1v) is 6.61. The van der Waals surface area contributed by atoms with Crippen LogP contribution in [-0.4, -0.2) is 42.6 Å². The summed E-state index contributed by atoms with van der Waals surface area (Å²) in [5.74, 6) is -0.897. The summed E-state index contributed by atoms with van der Waals surface area (Å²) in [4.78, 5) is 10.9. The predicted molar refractivity (Wildman–Crippen MR) is 76.2 cm³/mol. The zero-order chi connectivity index (χ0) is 14.4. The summed E-state index contributed by atoms with van der Waals surface area (Å²) in [6, 6.07) is 7.12. The second-order valence-corrected chi connectivity index (χ2v) is 4.55. The Kier molecular flexibility index (Phi) is 5.15. The Morgan fingerprint density at radius 1 is 1.25 bits per heavy atom. The number of aromatic carboxylic acids is 1. The maximum atomic E-state index is 10.9. The average molecular weight is 277 g/mol. The van der Waals surface area contributed by atoms with Crippen LogP contribution < -0.4 is 0 Å². The van der Waals surface area contributed by atoms with Crippen LogP contribution in [0, 0.1) is 0 Å². The van der Waals surface area contributed by atoms with Gasteiger partial charge in [0, 0.05) is 37.4 Å². The number of aromatic nitrogens is 1. The Balaban J connectivity index is 1.92. The number of fused-ring (bicyclic) bond motifs is 1. The fraction of sp³-hybridized carbons (Fsp3) is 0.400. The van der Waals surface area contributed by atoms with E-state index in [1.165, 1.54) is 0 Å². The monoisotopic (exact) mass is 277 g/mol. The van der Waals surface area contributed by atoms with Crippen molar-refractivity contribution in [2.75, 3.05) is 26.9 Å². The maximum Gasteiger partial charge on any atom is 0.335 e. The van der Waals surface area contributed by atoms with Gasteiger partial charge in [-0.15, -0.1) is 0 Å². The van der Waals surface area contributed by atoms with Gasteiger partial charge in [-0.05, 0) is 30.7 Å². The Bertz CT molecular complexity index is 576. The van der Waals surface area contributed by atoms with Crippen molar-refractivity contribution in [3.63, 3.8) is 0 Å². The van der Waals surface area contributed by atoms with Gasteiger partial charge in [0.2, 0.25) is 0 Å². The highest BCUT2D eigenvalue weighted by Crippen LogP contribution is 2.18. The second-order valence-electron chi connectivity index (χ2n) is 4.55. The Morgan fingerprint density at radius 3 is 2.85 bits per heavy atom. The highest BCUT2D eigenvalue weighted by atomic mass is 16.5. The fourth-order valence-electron chi connectivity index (χ4n) is 2.11. The standard InChI is InChI=1S/C15H19NO4/c1-19-9-10-20-8-2-6-16-7-5-12-11-13(15(17)18)3-4-14(12)16/h3-5,7,11H,2,6,8-10H2,1H3,(H,17,18). The van der Waals surface area contributed by atoms with Crippen molar-refractivity contribution in [3.05, 3.63) is 36.0 Å². The topological polar surface area (TPSA) is 60.7 Å². The van der Waals surface area contributed by atoms with E-state index in [2.05, 4.69) is 4.57 Å². The van der Waals surface area contributed by atoms with Crippen LogP contribution in [0.5, 0.6) is 0 Å². The minimum absolute atomic E-state index is 0.318. The molecule has 1 N–H and O–H groups in total. The number of hydrogen-bond donors (Lipinski definition) is 1. The highest BCUT2D eigenvalue weighted by molar-refractivity contribution is 5.93. The number of carbonyl (C=O) groups is 1. The Morgan fingerprint density at radius 2 is 2.10 bits per heavy atom. The molecule has 0 spiro atoms. The molecule has 5 heteroatoms. The predicted octanol–water partition coefficient (Wildman–Crippen LogP) is 2.39. The molecule has 20 heavy (non-hydrogen) atoms. The van der Waals surface area contributed by atoms with Gasteiger partial charge in [-0.25, -0.2) is 4.79 Å². The van der Waals surface area contributed by atoms with Crippen LogP contribution in [0.15, 0.2) is 30.5 Å².